The standard InChI is InChI=1S/C21H17N3O2/c25-21(15-26-19-11-10-16-6-4-5-7-17(16)14-19)23-20-12-13-22-24(20)18-8-2-1-3-9-18/h1-14H,15H2,(H,23,25). The largest absolute Gasteiger partial charge is 0.484 e. The Kier molecular flexibility index (Phi) is 4.35. The summed E-state index contributed by atoms with van der Waals surface area (Å²) in [5, 5.41) is 9.30. The second-order valence-corrected chi connectivity index (χ2v) is 5.81. The number of fused-ring (bicyclic) bond motifs is 1. The van der Waals surface area contributed by atoms with Crippen LogP contribution in [0.3, 0.4) is 0 Å². The van der Waals surface area contributed by atoms with Gasteiger partial charge in [-0.05, 0) is 35.0 Å². The van der Waals surface area contributed by atoms with E-state index in [0.29, 0.717) is 11.6 Å². The van der Waals surface area contributed by atoms with Crippen LogP contribution in [0.2, 0.25) is 0 Å². The highest BCUT2D eigenvalue weighted by atomic mass is 16.5. The van der Waals surface area contributed by atoms with Gasteiger partial charge < -0.3 is 10.1 Å². The van der Waals surface area contributed by atoms with Crippen molar-refractivity contribution in [2.45, 2.75) is 0 Å². The molecule has 0 fully saturated rings. The molecule has 4 aromatic rings. The average molecular weight is 343 g/mol. The van der Waals surface area contributed by atoms with Gasteiger partial charge in [0.2, 0.25) is 0 Å². The number of carbonyl (C=O) groups excluding carboxylic acids is 1. The van der Waals surface area contributed by atoms with Gasteiger partial charge in [0.1, 0.15) is 11.6 Å². The maximum Gasteiger partial charge on any atom is 0.263 e. The summed E-state index contributed by atoms with van der Waals surface area (Å²) in [6, 6.07) is 25.2. The number of aromatic nitrogens is 2. The van der Waals surface area contributed by atoms with E-state index >= 15 is 0 Å². The second-order valence-electron chi connectivity index (χ2n) is 5.81. The van der Waals surface area contributed by atoms with E-state index in [1.54, 1.807) is 16.9 Å². The molecule has 1 aromatic heterocycles. The molecule has 0 bridgehead atoms. The third-order valence-corrected chi connectivity index (χ3v) is 4.00. The highest BCUT2D eigenvalue weighted by Gasteiger charge is 2.09. The molecule has 1 N–H and O–H groups in total. The monoisotopic (exact) mass is 343 g/mol. The molecule has 5 nitrogen and oxygen atoms in total. The van der Waals surface area contributed by atoms with Crippen LogP contribution in [0.5, 0.6) is 5.75 Å². The minimum atomic E-state index is -0.240. The summed E-state index contributed by atoms with van der Waals surface area (Å²) in [6.07, 6.45) is 1.65. The highest BCUT2D eigenvalue weighted by molar-refractivity contribution is 5.91. The molecule has 3 aromatic carbocycles. The van der Waals surface area contributed by atoms with Crippen LogP contribution < -0.4 is 10.1 Å². The van der Waals surface area contributed by atoms with Crippen LogP contribution in [0.4, 0.5) is 5.82 Å². The molecule has 0 aliphatic heterocycles. The Morgan fingerprint density at radius 1 is 0.923 bits per heavy atom. The fraction of sp³-hybridized carbons (Fsp3) is 0.0476. The van der Waals surface area contributed by atoms with Gasteiger partial charge in [0.05, 0.1) is 11.9 Å². The fourth-order valence-corrected chi connectivity index (χ4v) is 2.76. The first kappa shape index (κ1) is 15.9. The van der Waals surface area contributed by atoms with Crippen molar-refractivity contribution in [2.75, 3.05) is 11.9 Å². The summed E-state index contributed by atoms with van der Waals surface area (Å²) in [7, 11) is 0. The number of ether oxygens (including phenoxy) is 1. The summed E-state index contributed by atoms with van der Waals surface area (Å²) >= 11 is 0. The zero-order chi connectivity index (χ0) is 17.8. The number of para-hydroxylation sites is 1. The molecule has 0 spiro atoms. The van der Waals surface area contributed by atoms with Crippen LogP contribution in [0, 0.1) is 0 Å². The average Bonchev–Trinajstić information content (AvgIpc) is 3.15. The topological polar surface area (TPSA) is 56.1 Å². The van der Waals surface area contributed by atoms with Crippen molar-refractivity contribution in [3.63, 3.8) is 0 Å². The highest BCUT2D eigenvalue weighted by Crippen LogP contribution is 2.20. The van der Waals surface area contributed by atoms with Gasteiger partial charge in [-0.25, -0.2) is 4.68 Å². The number of nitrogens with zero attached hydrogens (tertiary/aromatic N) is 2. The van der Waals surface area contributed by atoms with E-state index in [1.165, 1.54) is 0 Å². The maximum absolute atomic E-state index is 12.3. The van der Waals surface area contributed by atoms with E-state index < -0.39 is 0 Å². The molecular formula is C21H17N3O2. The number of amides is 1. The van der Waals surface area contributed by atoms with Crippen LogP contribution >= 0.6 is 0 Å². The minimum absolute atomic E-state index is 0.0711. The van der Waals surface area contributed by atoms with Gasteiger partial charge in [-0.2, -0.15) is 5.10 Å². The van der Waals surface area contributed by atoms with E-state index in [2.05, 4.69) is 10.4 Å². The number of carbonyl (C=O) groups is 1. The van der Waals surface area contributed by atoms with Gasteiger partial charge in [0.25, 0.3) is 5.91 Å². The molecule has 0 radical (unpaired) electrons. The number of hydrogen-bond acceptors (Lipinski definition) is 3. The Morgan fingerprint density at radius 3 is 2.54 bits per heavy atom. The molecule has 4 rings (SSSR count). The Morgan fingerprint density at radius 2 is 1.69 bits per heavy atom. The van der Waals surface area contributed by atoms with Crippen molar-refractivity contribution in [2.24, 2.45) is 0 Å². The van der Waals surface area contributed by atoms with E-state index in [-0.39, 0.29) is 12.5 Å². The smallest absolute Gasteiger partial charge is 0.263 e. The molecule has 0 unspecified atom stereocenters. The van der Waals surface area contributed by atoms with Crippen LogP contribution in [-0.4, -0.2) is 22.3 Å². The molecule has 0 aliphatic carbocycles. The van der Waals surface area contributed by atoms with Gasteiger partial charge in [0.15, 0.2) is 6.61 Å². The lowest BCUT2D eigenvalue weighted by atomic mass is 10.1. The lowest BCUT2D eigenvalue weighted by molar-refractivity contribution is -0.118. The second kappa shape index (κ2) is 7.11. The Labute approximate surface area is 150 Å². The van der Waals surface area contributed by atoms with Crippen LogP contribution in [-0.2, 0) is 4.79 Å². The molecule has 0 saturated carbocycles. The van der Waals surface area contributed by atoms with Crippen molar-refractivity contribution in [3.8, 4) is 11.4 Å². The molecular weight excluding hydrogens is 326 g/mol. The number of anilines is 1. The summed E-state index contributed by atoms with van der Waals surface area (Å²) < 4.78 is 7.30. The molecule has 0 atom stereocenters. The predicted molar refractivity (Wildman–Crippen MR) is 102 cm³/mol. The Balaban J connectivity index is 1.42. The molecule has 1 amide bonds. The van der Waals surface area contributed by atoms with E-state index in [1.807, 2.05) is 72.8 Å². The SMILES string of the molecule is O=C(COc1ccc2ccccc2c1)Nc1ccnn1-c1ccccc1. The molecule has 1 heterocycles. The van der Waals surface area contributed by atoms with Crippen LogP contribution in [0.15, 0.2) is 85.1 Å². The Hall–Kier alpha value is -3.60. The van der Waals surface area contributed by atoms with Gasteiger partial charge in [-0.3, -0.25) is 4.79 Å². The lowest BCUT2D eigenvalue weighted by Gasteiger charge is -2.10. The molecule has 0 saturated heterocycles. The number of rotatable bonds is 5. The normalized spacial score (nSPS) is 10.6. The zero-order valence-electron chi connectivity index (χ0n) is 14.0. The van der Waals surface area contributed by atoms with Gasteiger partial charge in [-0.15, -0.1) is 0 Å². The number of hydrogen-bond donors (Lipinski definition) is 1. The van der Waals surface area contributed by atoms with Crippen molar-refractivity contribution in [1.29, 1.82) is 0 Å². The van der Waals surface area contributed by atoms with E-state index in [9.17, 15) is 4.79 Å². The molecule has 26 heavy (non-hydrogen) atoms. The first-order valence-electron chi connectivity index (χ1n) is 8.30. The first-order valence-corrected chi connectivity index (χ1v) is 8.30. The number of benzene rings is 3. The predicted octanol–water partition coefficient (Wildman–Crippen LogP) is 4.04. The van der Waals surface area contributed by atoms with Crippen molar-refractivity contribution >= 4 is 22.5 Å². The molecule has 0 aliphatic rings. The third kappa shape index (κ3) is 3.42. The van der Waals surface area contributed by atoms with Crippen molar-refractivity contribution in [3.05, 3.63) is 85.1 Å². The van der Waals surface area contributed by atoms with Crippen LogP contribution in [0.1, 0.15) is 0 Å². The van der Waals surface area contributed by atoms with E-state index in [0.717, 1.165) is 16.5 Å². The van der Waals surface area contributed by atoms with Gasteiger partial charge in [0, 0.05) is 6.07 Å². The van der Waals surface area contributed by atoms with Gasteiger partial charge >= 0.3 is 0 Å². The maximum atomic E-state index is 12.3. The first-order chi connectivity index (χ1) is 12.8. The fourth-order valence-electron chi connectivity index (χ4n) is 2.76. The van der Waals surface area contributed by atoms with Gasteiger partial charge in [-0.1, -0.05) is 48.5 Å². The van der Waals surface area contributed by atoms with Crippen molar-refractivity contribution in [1.82, 2.24) is 9.78 Å². The zero-order valence-corrected chi connectivity index (χ0v) is 14.0. The van der Waals surface area contributed by atoms with Crippen LogP contribution in [0.25, 0.3) is 16.5 Å². The summed E-state index contributed by atoms with van der Waals surface area (Å²) in [5.74, 6) is 1.02. The third-order valence-electron chi connectivity index (χ3n) is 4.00. The van der Waals surface area contributed by atoms with E-state index in [4.69, 9.17) is 4.74 Å². The van der Waals surface area contributed by atoms with Crippen molar-refractivity contribution < 1.29 is 9.53 Å². The molecule has 128 valence electrons. The summed E-state index contributed by atoms with van der Waals surface area (Å²) in [6.45, 7) is -0.0711. The summed E-state index contributed by atoms with van der Waals surface area (Å²) in [5.41, 5.74) is 0.878. The molecule has 5 heteroatoms. The minimum Gasteiger partial charge on any atom is -0.484 e. The lowest BCUT2D eigenvalue weighted by Crippen LogP contribution is -2.21. The Bertz CT molecular complexity index is 1040. The quantitative estimate of drug-likeness (QED) is 0.595. The number of nitrogens with one attached hydrogen (secondary N) is 1. The summed E-state index contributed by atoms with van der Waals surface area (Å²) in [4.78, 5) is 12.3.